The van der Waals surface area contributed by atoms with Crippen molar-refractivity contribution in [2.45, 2.75) is 31.7 Å². The van der Waals surface area contributed by atoms with Crippen LogP contribution in [-0.4, -0.2) is 46.9 Å². The lowest BCUT2D eigenvalue weighted by molar-refractivity contribution is -0.132. The topological polar surface area (TPSA) is 76.1 Å². The van der Waals surface area contributed by atoms with Gasteiger partial charge in [-0.15, -0.1) is 11.6 Å². The summed E-state index contributed by atoms with van der Waals surface area (Å²) in [5, 5.41) is 8.41. The van der Waals surface area contributed by atoms with Crippen LogP contribution >= 0.6 is 11.6 Å². The summed E-state index contributed by atoms with van der Waals surface area (Å²) in [5.74, 6) is -0.321. The van der Waals surface area contributed by atoms with Crippen molar-refractivity contribution >= 4 is 23.4 Å². The van der Waals surface area contributed by atoms with E-state index in [2.05, 4.69) is 0 Å². The van der Waals surface area contributed by atoms with Gasteiger partial charge >= 0.3 is 5.97 Å². The maximum absolute atomic E-state index is 12.8. The first-order valence-electron chi connectivity index (χ1n) is 8.09. The van der Waals surface area contributed by atoms with Crippen LogP contribution in [0.3, 0.4) is 0 Å². The second-order valence-electron chi connectivity index (χ2n) is 6.50. The summed E-state index contributed by atoms with van der Waals surface area (Å²) >= 11 is 6.23. The van der Waals surface area contributed by atoms with Gasteiger partial charge in [-0.05, 0) is 5.92 Å². The maximum atomic E-state index is 12.8. The zero-order valence-electron chi connectivity index (χ0n) is 14.3. The van der Waals surface area contributed by atoms with Gasteiger partial charge in [0.2, 0.25) is 0 Å². The molecule has 25 heavy (non-hydrogen) atoms. The van der Waals surface area contributed by atoms with E-state index in [1.165, 1.54) is 7.11 Å². The number of rotatable bonds is 3. The van der Waals surface area contributed by atoms with Crippen molar-refractivity contribution in [3.8, 4) is 0 Å². The Morgan fingerprint density at radius 3 is 2.80 bits per heavy atom. The van der Waals surface area contributed by atoms with E-state index in [0.29, 0.717) is 29.4 Å². The molecule has 2 aliphatic heterocycles. The average molecular weight is 366 g/mol. The number of methoxy groups -OCH3 is 1. The van der Waals surface area contributed by atoms with E-state index in [1.54, 1.807) is 18.4 Å². The smallest absolute Gasteiger partial charge is 0.333 e. The summed E-state index contributed by atoms with van der Waals surface area (Å²) in [7, 11) is 1.46. The second-order valence-corrected chi connectivity index (χ2v) is 6.94. The van der Waals surface area contributed by atoms with E-state index in [4.69, 9.17) is 21.1 Å². The van der Waals surface area contributed by atoms with Gasteiger partial charge in [0, 0.05) is 18.7 Å². The lowest BCUT2D eigenvalue weighted by Crippen LogP contribution is -2.40. The summed E-state index contributed by atoms with van der Waals surface area (Å²) in [6, 6.07) is -0.104. The summed E-state index contributed by atoms with van der Waals surface area (Å²) in [5.41, 5.74) is 1.31. The number of carbonyl (C=O) groups is 2. The normalized spacial score (nSPS) is 26.0. The molecule has 0 aromatic carbocycles. The van der Waals surface area contributed by atoms with E-state index in [9.17, 15) is 14.7 Å². The third-order valence-corrected chi connectivity index (χ3v) is 5.05. The molecule has 7 heteroatoms. The summed E-state index contributed by atoms with van der Waals surface area (Å²) in [6.45, 7) is 4.38. The summed E-state index contributed by atoms with van der Waals surface area (Å²) in [4.78, 5) is 26.1. The highest BCUT2D eigenvalue weighted by molar-refractivity contribution is 6.36. The third-order valence-electron chi connectivity index (χ3n) is 4.64. The summed E-state index contributed by atoms with van der Waals surface area (Å²) < 4.78 is 11.1. The van der Waals surface area contributed by atoms with Crippen LogP contribution in [0.1, 0.15) is 20.3 Å². The van der Waals surface area contributed by atoms with Crippen LogP contribution in [0.25, 0.3) is 0 Å². The number of carboxylic acid groups (broad SMARTS) is 1. The highest BCUT2D eigenvalue weighted by Crippen LogP contribution is 2.38. The number of hydrogen-bond donors (Lipinski definition) is 1. The zero-order valence-corrected chi connectivity index (χ0v) is 15.0. The molecule has 1 aliphatic carbocycles. The number of halogens is 1. The largest absolute Gasteiger partial charge is 0.499 e. The van der Waals surface area contributed by atoms with Gasteiger partial charge in [-0.3, -0.25) is 4.79 Å². The Kier molecular flexibility index (Phi) is 4.64. The maximum Gasteiger partial charge on any atom is 0.333 e. The highest BCUT2D eigenvalue weighted by atomic mass is 35.5. The zero-order chi connectivity index (χ0) is 18.3. The quantitative estimate of drug-likeness (QED) is 0.775. The third kappa shape index (κ3) is 2.95. The Morgan fingerprint density at radius 1 is 1.48 bits per heavy atom. The number of carboxylic acids is 1. The van der Waals surface area contributed by atoms with Crippen molar-refractivity contribution in [3.63, 3.8) is 0 Å². The van der Waals surface area contributed by atoms with E-state index in [0.717, 1.165) is 0 Å². The molecule has 0 saturated carbocycles. The van der Waals surface area contributed by atoms with Gasteiger partial charge in [-0.2, -0.15) is 0 Å². The molecule has 1 N–H and O–H groups in total. The second kappa shape index (κ2) is 6.59. The van der Waals surface area contributed by atoms with Gasteiger partial charge in [0.15, 0.2) is 11.2 Å². The Bertz CT molecular complexity index is 747. The number of aliphatic carboxylic acids is 1. The van der Waals surface area contributed by atoms with Crippen LogP contribution in [0.5, 0.6) is 0 Å². The molecule has 2 unspecified atom stereocenters. The fraction of sp³-hybridized carbons (Fsp3) is 0.444. The van der Waals surface area contributed by atoms with Crippen molar-refractivity contribution in [1.82, 2.24) is 4.90 Å². The van der Waals surface area contributed by atoms with E-state index >= 15 is 0 Å². The molecule has 6 nitrogen and oxygen atoms in total. The molecule has 0 aromatic heterocycles. The van der Waals surface area contributed by atoms with Gasteiger partial charge in [0.1, 0.15) is 18.1 Å². The molecular formula is C18H20ClNO5. The van der Waals surface area contributed by atoms with Gasteiger partial charge in [0.05, 0.1) is 30.0 Å². The van der Waals surface area contributed by atoms with Gasteiger partial charge in [-0.25, -0.2) is 4.79 Å². The number of nitrogens with zero attached hydrogens (tertiary/aromatic N) is 1. The van der Waals surface area contributed by atoms with Crippen molar-refractivity contribution in [2.75, 3.05) is 13.7 Å². The molecule has 0 radical (unpaired) electrons. The van der Waals surface area contributed by atoms with E-state index in [-0.39, 0.29) is 29.7 Å². The van der Waals surface area contributed by atoms with E-state index < -0.39 is 11.3 Å². The SMILES string of the molecule is COC1=CC2=C(C(=O)C1Cl)C1=CCC(C(=O)O)=CN1C(C(C)C)CO2. The Balaban J connectivity index is 2.12. The Hall–Kier alpha value is -2.21. The minimum atomic E-state index is -0.969. The minimum absolute atomic E-state index is 0.104. The molecule has 0 amide bonds. The molecule has 0 saturated heterocycles. The number of fused-ring (bicyclic) bond motifs is 2. The van der Waals surface area contributed by atoms with Crippen LogP contribution in [0.15, 0.2) is 46.7 Å². The number of Topliss-reactive ketones (excluding diaryl/α,β-unsaturated/α-hetero) is 1. The van der Waals surface area contributed by atoms with Crippen molar-refractivity contribution < 1.29 is 24.2 Å². The molecule has 2 atom stereocenters. The molecule has 0 bridgehead atoms. The Morgan fingerprint density at radius 2 is 2.20 bits per heavy atom. The standard InChI is InChI=1S/C18H20ClNO5/c1-9(2)12-8-25-13-6-14(24-3)16(19)17(21)15(13)11-5-4-10(18(22)23)7-20(11)12/h5-7,9,12,16H,4,8H2,1-3H3,(H,22,23). The first-order valence-corrected chi connectivity index (χ1v) is 8.52. The van der Waals surface area contributed by atoms with Gasteiger partial charge in [-0.1, -0.05) is 19.9 Å². The highest BCUT2D eigenvalue weighted by Gasteiger charge is 2.40. The molecule has 0 aromatic rings. The fourth-order valence-electron chi connectivity index (χ4n) is 3.20. The van der Waals surface area contributed by atoms with Gasteiger partial charge in [0.25, 0.3) is 0 Å². The van der Waals surface area contributed by atoms with E-state index in [1.807, 2.05) is 18.7 Å². The average Bonchev–Trinajstić information content (AvgIpc) is 2.74. The van der Waals surface area contributed by atoms with Crippen molar-refractivity contribution in [2.24, 2.45) is 5.92 Å². The predicted molar refractivity (Wildman–Crippen MR) is 91.6 cm³/mol. The number of alkyl halides is 1. The number of allylic oxidation sites excluding steroid dienone is 4. The predicted octanol–water partition coefficient (Wildman–Crippen LogP) is 2.57. The molecule has 0 spiro atoms. The van der Waals surface area contributed by atoms with Crippen LogP contribution in [-0.2, 0) is 19.1 Å². The number of ketones is 1. The summed E-state index contributed by atoms with van der Waals surface area (Å²) in [6.07, 6.45) is 5.25. The number of ether oxygens (including phenoxy) is 2. The molecule has 3 aliphatic rings. The molecular weight excluding hydrogens is 346 g/mol. The van der Waals surface area contributed by atoms with Crippen LogP contribution in [0.4, 0.5) is 0 Å². The first kappa shape index (κ1) is 17.6. The van der Waals surface area contributed by atoms with Crippen LogP contribution < -0.4 is 0 Å². The Labute approximate surface area is 151 Å². The number of hydrogen-bond acceptors (Lipinski definition) is 5. The molecule has 0 fully saturated rings. The molecule has 2 heterocycles. The monoisotopic (exact) mass is 365 g/mol. The van der Waals surface area contributed by atoms with Crippen LogP contribution in [0, 0.1) is 5.92 Å². The van der Waals surface area contributed by atoms with Gasteiger partial charge < -0.3 is 19.5 Å². The first-order chi connectivity index (χ1) is 11.8. The molecule has 134 valence electrons. The number of carbonyl (C=O) groups excluding carboxylic acids is 1. The minimum Gasteiger partial charge on any atom is -0.499 e. The molecule has 3 rings (SSSR count). The van der Waals surface area contributed by atoms with Crippen LogP contribution in [0.2, 0.25) is 0 Å². The van der Waals surface area contributed by atoms with Crippen molar-refractivity contribution in [3.05, 3.63) is 46.7 Å². The fourth-order valence-corrected chi connectivity index (χ4v) is 3.46. The lowest BCUT2D eigenvalue weighted by Gasteiger charge is -2.35. The lowest BCUT2D eigenvalue weighted by atomic mass is 9.92. The van der Waals surface area contributed by atoms with Crippen molar-refractivity contribution in [1.29, 1.82) is 0 Å².